The zero-order valence-corrected chi connectivity index (χ0v) is 58.3. The highest BCUT2D eigenvalue weighted by Gasteiger charge is 2.45. The van der Waals surface area contributed by atoms with Crippen LogP contribution < -0.4 is 9.86 Å². The van der Waals surface area contributed by atoms with Gasteiger partial charge < -0.3 is 24.4 Å². The van der Waals surface area contributed by atoms with Crippen molar-refractivity contribution < 1.29 is 50.6 Å². The van der Waals surface area contributed by atoms with E-state index >= 15 is 0 Å². The quantitative estimate of drug-likeness (QED) is 0.0806. The number of nitrogens with zero attached hydrogens (tertiary/aromatic N) is 8. The number of nitrogens with one attached hydrogen (secondary N) is 1. The van der Waals surface area contributed by atoms with E-state index in [0.717, 1.165) is 48.9 Å². The number of carbonyl (C=O) groups is 4. The number of hydrogen-bond donors (Lipinski definition) is 3. The standard InChI is InChI=1S/C33H44ClN5O5S.C23H34N4O4S.C10H12ClNO2/c1-31(2,3)26-17-15-24(28(34)35-26)29(40)37-45(42,43)27-18-19-39(36-27)25(23-12-10-9-11-13-23)16-14-22-20-33(7,8)38(21-22)30(41)44-32(4,5)6;1-22(2,3)31-21(28)26-16-17(15-23(26,4)5)11-12-19(18-9-7-6-8-10-18)27-14-13-20(25-27)32(24,29)30;1-10(2,3)7-5-4-6(9(13)14)8(11)12-7/h9-13,15,17-19,22,25H,14,16,20-21H2,1-8H3,(H,37,40);6-10,13-14,17,19H,11-12,15-16H2,1-5H3,(H2,24,29,30);4-5H,1-3H3,(H,13,14)/t22-,25?;17-,19?;/m00./s1. The predicted octanol–water partition coefficient (Wildman–Crippen LogP) is 13.4. The van der Waals surface area contributed by atoms with Crippen molar-refractivity contribution in [3.05, 3.63) is 153 Å². The molecule has 4 atom stereocenters. The summed E-state index contributed by atoms with van der Waals surface area (Å²) in [6, 6.07) is 28.3. The second-order valence-corrected chi connectivity index (χ2v) is 32.4. The van der Waals surface area contributed by atoms with Gasteiger partial charge >= 0.3 is 18.2 Å². The second kappa shape index (κ2) is 28.5. The van der Waals surface area contributed by atoms with E-state index in [-0.39, 0.29) is 83.6 Å². The number of hydrogen-bond acceptors (Lipinski definition) is 14. The predicted molar refractivity (Wildman–Crippen MR) is 351 cm³/mol. The number of carboxylic acid groups (broad SMARTS) is 1. The smallest absolute Gasteiger partial charge is 0.410 e. The Labute approximate surface area is 546 Å². The van der Waals surface area contributed by atoms with Crippen LogP contribution in [0.25, 0.3) is 0 Å². The van der Waals surface area contributed by atoms with Gasteiger partial charge in [0.25, 0.3) is 26.0 Å². The van der Waals surface area contributed by atoms with E-state index in [1.54, 1.807) is 38.8 Å². The molecule has 3 amide bonds. The van der Waals surface area contributed by atoms with Crippen LogP contribution in [0.3, 0.4) is 0 Å². The Hall–Kier alpha value is -6.92. The molecular weight excluding hydrogens is 1240 g/mol. The average Bonchev–Trinajstić information content (AvgIpc) is 1.78. The SMILES string of the molecule is CC(C)(C)OC(=O)N1C[C@@H](CCC(c2ccccc2)n2ccc(S(=O)(=O)NC(=O)c3ccc(C(C)(C)C)nc3Cl)n2)CC1(C)C.CC(C)(C)OC(=O)N1C[C@@H](CCC(c2ccccc2)n2ccc(S(N)(=O)=O)n2)CC1(C)C.CC(C)(C)c1ccc(C(=O)O)c(Cl)n1. The number of pyridine rings is 2. The molecule has 6 heterocycles. The van der Waals surface area contributed by atoms with E-state index in [4.69, 9.17) is 42.9 Å². The third-order valence-electron chi connectivity index (χ3n) is 15.5. The lowest BCUT2D eigenvalue weighted by molar-refractivity contribution is 0.0118. The Morgan fingerprint density at radius 1 is 0.593 bits per heavy atom. The van der Waals surface area contributed by atoms with Crippen molar-refractivity contribution in [3.8, 4) is 0 Å². The van der Waals surface area contributed by atoms with E-state index in [1.807, 2.05) is 162 Å². The molecule has 0 radical (unpaired) electrons. The zero-order valence-electron chi connectivity index (χ0n) is 55.1. The Balaban J connectivity index is 0.000000247. The highest BCUT2D eigenvalue weighted by molar-refractivity contribution is 7.90. The molecule has 2 aliphatic rings. The number of carbonyl (C=O) groups excluding carboxylic acids is 3. The number of aromatic carboxylic acids is 1. The molecule has 496 valence electrons. The van der Waals surface area contributed by atoms with E-state index < -0.39 is 43.1 Å². The third kappa shape index (κ3) is 20.3. The minimum absolute atomic E-state index is 0.0414. The molecule has 2 aromatic carbocycles. The van der Waals surface area contributed by atoms with Gasteiger partial charge in [0.15, 0.2) is 10.1 Å². The maximum atomic E-state index is 13.2. The van der Waals surface area contributed by atoms with Crippen LogP contribution in [0.15, 0.2) is 120 Å². The number of primary sulfonamides is 1. The summed E-state index contributed by atoms with van der Waals surface area (Å²) in [6.07, 6.45) is 7.37. The number of benzene rings is 2. The summed E-state index contributed by atoms with van der Waals surface area (Å²) >= 11 is 12.0. The molecule has 2 saturated heterocycles. The molecule has 21 nitrogen and oxygen atoms in total. The van der Waals surface area contributed by atoms with Crippen LogP contribution >= 0.6 is 23.2 Å². The van der Waals surface area contributed by atoms with E-state index in [9.17, 15) is 36.0 Å². The van der Waals surface area contributed by atoms with Gasteiger partial charge in [-0.2, -0.15) is 18.6 Å². The van der Waals surface area contributed by atoms with Crippen LogP contribution in [0.1, 0.15) is 205 Å². The highest BCUT2D eigenvalue weighted by atomic mass is 35.5. The number of carboxylic acids is 1. The molecule has 8 rings (SSSR count). The number of ether oxygens (including phenoxy) is 2. The summed E-state index contributed by atoms with van der Waals surface area (Å²) in [7, 11) is -8.18. The van der Waals surface area contributed by atoms with Crippen molar-refractivity contribution >= 4 is 67.3 Å². The fraction of sp³-hybridized carbons (Fsp3) is 0.515. The summed E-state index contributed by atoms with van der Waals surface area (Å²) in [6.45, 7) is 32.5. The normalized spacial score (nSPS) is 17.4. The van der Waals surface area contributed by atoms with Crippen molar-refractivity contribution in [2.45, 2.75) is 205 Å². The largest absolute Gasteiger partial charge is 0.478 e. The molecule has 25 heteroatoms. The van der Waals surface area contributed by atoms with Crippen LogP contribution in [0, 0.1) is 11.8 Å². The number of likely N-dealkylation sites (tertiary alicyclic amines) is 2. The fourth-order valence-corrected chi connectivity index (χ4v) is 12.9. The van der Waals surface area contributed by atoms with Gasteiger partial charge in [0.2, 0.25) is 0 Å². The van der Waals surface area contributed by atoms with Gasteiger partial charge in [0.1, 0.15) is 21.5 Å². The Morgan fingerprint density at radius 3 is 1.31 bits per heavy atom. The number of halogens is 2. The van der Waals surface area contributed by atoms with E-state index in [2.05, 4.69) is 38.7 Å². The first-order chi connectivity index (χ1) is 41.8. The first kappa shape index (κ1) is 73.1. The number of rotatable bonds is 15. The molecule has 2 aliphatic heterocycles. The topological polar surface area (TPSA) is 281 Å². The van der Waals surface area contributed by atoms with Gasteiger partial charge in [-0.3, -0.25) is 14.2 Å². The molecule has 91 heavy (non-hydrogen) atoms. The third-order valence-corrected chi connectivity index (χ3v) is 18.1. The molecule has 0 spiro atoms. The van der Waals surface area contributed by atoms with E-state index in [0.29, 0.717) is 31.1 Å². The Bertz CT molecular complexity index is 3760. The van der Waals surface area contributed by atoms with Crippen molar-refractivity contribution in [1.29, 1.82) is 0 Å². The lowest BCUT2D eigenvalue weighted by Gasteiger charge is -2.33. The van der Waals surface area contributed by atoms with Crippen molar-refractivity contribution in [2.24, 2.45) is 17.0 Å². The van der Waals surface area contributed by atoms with Crippen molar-refractivity contribution in [3.63, 3.8) is 0 Å². The summed E-state index contributed by atoms with van der Waals surface area (Å²) in [5, 5.41) is 22.2. The molecule has 2 fully saturated rings. The lowest BCUT2D eigenvalue weighted by atomic mass is 9.90. The van der Waals surface area contributed by atoms with Crippen LogP contribution in [0.4, 0.5) is 9.59 Å². The zero-order chi connectivity index (χ0) is 68.0. The number of amides is 3. The lowest BCUT2D eigenvalue weighted by Crippen LogP contribution is -2.45. The van der Waals surface area contributed by atoms with Gasteiger partial charge in [-0.05, 0) is 167 Å². The first-order valence-corrected chi connectivity index (χ1v) is 34.0. The summed E-state index contributed by atoms with van der Waals surface area (Å²) in [4.78, 5) is 61.2. The second-order valence-electron chi connectivity index (χ2n) is 28.6. The van der Waals surface area contributed by atoms with Crippen LogP contribution in [-0.4, -0.2) is 121 Å². The number of sulfonamides is 2. The van der Waals surface area contributed by atoms with Gasteiger partial charge in [0.05, 0.1) is 23.2 Å². The molecular formula is C66H90Cl2N10O11S2. The van der Waals surface area contributed by atoms with Crippen LogP contribution in [0.5, 0.6) is 0 Å². The minimum Gasteiger partial charge on any atom is -0.478 e. The van der Waals surface area contributed by atoms with Crippen LogP contribution in [-0.2, 0) is 40.4 Å². The molecule has 0 saturated carbocycles. The first-order valence-electron chi connectivity index (χ1n) is 30.2. The summed E-state index contributed by atoms with van der Waals surface area (Å²) in [5.74, 6) is -1.42. The maximum Gasteiger partial charge on any atom is 0.410 e. The summed E-state index contributed by atoms with van der Waals surface area (Å²) in [5.41, 5.74) is 1.28. The monoisotopic (exact) mass is 1330 g/mol. The van der Waals surface area contributed by atoms with Crippen molar-refractivity contribution in [1.82, 2.24) is 44.1 Å². The van der Waals surface area contributed by atoms with Gasteiger partial charge in [0, 0.05) is 58.8 Å². The molecule has 0 aliphatic carbocycles. The molecule has 4 aromatic heterocycles. The average molecular weight is 1330 g/mol. The maximum absolute atomic E-state index is 13.2. The fourth-order valence-electron chi connectivity index (χ4n) is 11.0. The van der Waals surface area contributed by atoms with Gasteiger partial charge in [-0.25, -0.2) is 42.6 Å². The highest BCUT2D eigenvalue weighted by Crippen LogP contribution is 2.40. The molecule has 6 aromatic rings. The Kier molecular flexibility index (Phi) is 22.9. The minimum atomic E-state index is -4.31. The number of aromatic nitrogens is 6. The number of nitrogens with two attached hydrogens (primary N) is 1. The van der Waals surface area contributed by atoms with Gasteiger partial charge in [-0.1, -0.05) is 125 Å². The molecule has 2 unspecified atom stereocenters. The molecule has 4 N–H and O–H groups in total. The Morgan fingerprint density at radius 2 is 0.967 bits per heavy atom. The van der Waals surface area contributed by atoms with Crippen molar-refractivity contribution in [2.75, 3.05) is 13.1 Å². The van der Waals surface area contributed by atoms with E-state index in [1.165, 1.54) is 24.3 Å². The summed E-state index contributed by atoms with van der Waals surface area (Å²) < 4.78 is 66.5. The molecule has 0 bridgehead atoms. The van der Waals surface area contributed by atoms with Crippen LogP contribution in [0.2, 0.25) is 10.3 Å². The van der Waals surface area contributed by atoms with Gasteiger partial charge in [-0.15, -0.1) is 0 Å².